The molecule has 1 saturated heterocycles. The normalized spacial score (nSPS) is 20.1. The maximum Gasteiger partial charge on any atom is 0.0589 e. The van der Waals surface area contributed by atoms with Gasteiger partial charge >= 0.3 is 0 Å². The first-order chi connectivity index (χ1) is 8.12. The average molecular weight is 299 g/mol. The zero-order valence-corrected chi connectivity index (χ0v) is 11.9. The lowest BCUT2D eigenvalue weighted by Gasteiger charge is -2.49. The van der Waals surface area contributed by atoms with E-state index in [1.807, 2.05) is 6.07 Å². The van der Waals surface area contributed by atoms with Crippen molar-refractivity contribution in [2.45, 2.75) is 19.3 Å². The van der Waals surface area contributed by atoms with Gasteiger partial charge in [0.25, 0.3) is 0 Å². The van der Waals surface area contributed by atoms with Crippen molar-refractivity contribution in [2.24, 2.45) is 11.8 Å². The predicted octanol–water partition coefficient (Wildman–Crippen LogP) is 2.98. The molecule has 1 aromatic rings. The van der Waals surface area contributed by atoms with Gasteiger partial charge in [0.15, 0.2) is 0 Å². The highest BCUT2D eigenvalue weighted by molar-refractivity contribution is 9.10. The van der Waals surface area contributed by atoms with Gasteiger partial charge in [-0.15, -0.1) is 0 Å². The van der Waals surface area contributed by atoms with Crippen LogP contribution in [0.15, 0.2) is 28.7 Å². The summed E-state index contributed by atoms with van der Waals surface area (Å²) in [4.78, 5) is 0. The van der Waals surface area contributed by atoms with E-state index >= 15 is 0 Å². The van der Waals surface area contributed by atoms with E-state index in [2.05, 4.69) is 48.0 Å². The summed E-state index contributed by atoms with van der Waals surface area (Å²) in [5.74, 6) is 0.686. The van der Waals surface area contributed by atoms with E-state index in [1.54, 1.807) is 0 Å². The van der Waals surface area contributed by atoms with Gasteiger partial charge in [0.1, 0.15) is 0 Å². The van der Waals surface area contributed by atoms with Crippen molar-refractivity contribution >= 4 is 15.9 Å². The number of hydrogen-bond acceptors (Lipinski definition) is 2. The minimum Gasteiger partial charge on any atom is -0.396 e. The third kappa shape index (κ3) is 2.16. The van der Waals surface area contributed by atoms with Crippen LogP contribution in [-0.4, -0.2) is 24.9 Å². The molecule has 1 aliphatic rings. The fourth-order valence-electron chi connectivity index (χ4n) is 2.78. The Labute approximate surface area is 111 Å². The van der Waals surface area contributed by atoms with E-state index in [9.17, 15) is 5.11 Å². The van der Waals surface area contributed by atoms with Crippen molar-refractivity contribution in [3.8, 4) is 0 Å². The minimum atomic E-state index is -0.0248. The van der Waals surface area contributed by atoms with Crippen LogP contribution < -0.4 is 0 Å². The zero-order valence-electron chi connectivity index (χ0n) is 10.3. The fourth-order valence-corrected chi connectivity index (χ4v) is 3.46. The number of hydrogen-bond donors (Lipinski definition) is 1. The first-order valence-corrected chi connectivity index (χ1v) is 6.84. The Balaban J connectivity index is 2.41. The second-order valence-electron chi connectivity index (χ2n) is 5.16. The summed E-state index contributed by atoms with van der Waals surface area (Å²) in [6, 6.07) is 8.26. The van der Waals surface area contributed by atoms with Crippen LogP contribution in [-0.2, 0) is 10.2 Å². The van der Waals surface area contributed by atoms with Crippen LogP contribution in [0, 0.1) is 11.8 Å². The summed E-state index contributed by atoms with van der Waals surface area (Å²) in [5, 5.41) is 9.68. The van der Waals surface area contributed by atoms with E-state index in [0.717, 1.165) is 4.47 Å². The molecule has 1 heterocycles. The van der Waals surface area contributed by atoms with E-state index in [4.69, 9.17) is 4.74 Å². The van der Waals surface area contributed by atoms with E-state index in [-0.39, 0.29) is 17.9 Å². The molecule has 17 heavy (non-hydrogen) atoms. The minimum absolute atomic E-state index is 0.0248. The topological polar surface area (TPSA) is 29.5 Å². The standard InChI is InChI=1S/C14H19BrO2/c1-10(2)12(7-16)14(8-17-9-14)11-5-3-4-6-13(11)15/h3-6,10,12,16H,7-9H2,1-2H3. The molecule has 0 aromatic heterocycles. The Morgan fingerprint density at radius 3 is 2.41 bits per heavy atom. The predicted molar refractivity (Wildman–Crippen MR) is 72.1 cm³/mol. The van der Waals surface area contributed by atoms with Gasteiger partial charge in [0.05, 0.1) is 13.2 Å². The highest BCUT2D eigenvalue weighted by atomic mass is 79.9. The van der Waals surface area contributed by atoms with Gasteiger partial charge < -0.3 is 9.84 Å². The van der Waals surface area contributed by atoms with E-state index in [0.29, 0.717) is 19.1 Å². The lowest BCUT2D eigenvalue weighted by molar-refractivity contribution is -0.111. The van der Waals surface area contributed by atoms with Crippen LogP contribution in [0.1, 0.15) is 19.4 Å². The van der Waals surface area contributed by atoms with Crippen molar-refractivity contribution in [2.75, 3.05) is 19.8 Å². The number of aliphatic hydroxyl groups excluding tert-OH is 1. The molecular weight excluding hydrogens is 280 g/mol. The van der Waals surface area contributed by atoms with Crippen LogP contribution in [0.4, 0.5) is 0 Å². The molecule has 0 radical (unpaired) electrons. The number of benzene rings is 1. The number of halogens is 1. The second kappa shape index (κ2) is 5.09. The zero-order chi connectivity index (χ0) is 12.5. The van der Waals surface area contributed by atoms with Gasteiger partial charge in [-0.25, -0.2) is 0 Å². The fraction of sp³-hybridized carbons (Fsp3) is 0.571. The maximum atomic E-state index is 9.68. The molecule has 2 nitrogen and oxygen atoms in total. The molecule has 0 bridgehead atoms. The molecule has 2 rings (SSSR count). The Kier molecular flexibility index (Phi) is 3.91. The molecule has 0 spiro atoms. The molecule has 3 heteroatoms. The molecular formula is C14H19BrO2. The summed E-state index contributed by atoms with van der Waals surface area (Å²) >= 11 is 3.62. The van der Waals surface area contributed by atoms with Gasteiger partial charge in [-0.05, 0) is 23.5 Å². The van der Waals surface area contributed by atoms with Crippen LogP contribution >= 0.6 is 15.9 Å². The van der Waals surface area contributed by atoms with Crippen LogP contribution in [0.25, 0.3) is 0 Å². The highest BCUT2D eigenvalue weighted by Gasteiger charge is 2.48. The van der Waals surface area contributed by atoms with Crippen molar-refractivity contribution < 1.29 is 9.84 Å². The molecule has 1 N–H and O–H groups in total. The van der Waals surface area contributed by atoms with Gasteiger partial charge in [0.2, 0.25) is 0 Å². The summed E-state index contributed by atoms with van der Waals surface area (Å²) in [6.07, 6.45) is 0. The summed E-state index contributed by atoms with van der Waals surface area (Å²) < 4.78 is 6.56. The largest absolute Gasteiger partial charge is 0.396 e. The van der Waals surface area contributed by atoms with Crippen molar-refractivity contribution in [1.29, 1.82) is 0 Å². The number of rotatable bonds is 4. The van der Waals surface area contributed by atoms with Crippen molar-refractivity contribution in [3.05, 3.63) is 34.3 Å². The SMILES string of the molecule is CC(C)C(CO)C1(c2ccccc2Br)COC1. The Hall–Kier alpha value is -0.380. The average Bonchev–Trinajstić information content (AvgIpc) is 2.24. The van der Waals surface area contributed by atoms with Crippen LogP contribution in [0.3, 0.4) is 0 Å². The first kappa shape index (κ1) is 13.1. The van der Waals surface area contributed by atoms with Crippen molar-refractivity contribution in [3.63, 3.8) is 0 Å². The molecule has 1 fully saturated rings. The summed E-state index contributed by atoms with van der Waals surface area (Å²) in [7, 11) is 0. The Bertz CT molecular complexity index is 386. The molecule has 1 aliphatic heterocycles. The Morgan fingerprint density at radius 1 is 1.35 bits per heavy atom. The second-order valence-corrected chi connectivity index (χ2v) is 6.02. The summed E-state index contributed by atoms with van der Waals surface area (Å²) in [5.41, 5.74) is 1.24. The van der Waals surface area contributed by atoms with Gasteiger partial charge in [0, 0.05) is 16.5 Å². The molecule has 1 unspecified atom stereocenters. The molecule has 94 valence electrons. The number of ether oxygens (including phenoxy) is 1. The van der Waals surface area contributed by atoms with E-state index < -0.39 is 0 Å². The van der Waals surface area contributed by atoms with Gasteiger partial charge in [-0.3, -0.25) is 0 Å². The summed E-state index contributed by atoms with van der Waals surface area (Å²) in [6.45, 7) is 5.95. The molecule has 0 saturated carbocycles. The lowest BCUT2D eigenvalue weighted by atomic mass is 9.65. The Morgan fingerprint density at radius 2 is 2.00 bits per heavy atom. The third-order valence-electron chi connectivity index (χ3n) is 3.84. The molecule has 0 amide bonds. The first-order valence-electron chi connectivity index (χ1n) is 6.05. The molecule has 1 atom stereocenters. The van der Waals surface area contributed by atoms with Crippen molar-refractivity contribution in [1.82, 2.24) is 0 Å². The number of aliphatic hydroxyl groups is 1. The van der Waals surface area contributed by atoms with Crippen LogP contribution in [0.5, 0.6) is 0 Å². The third-order valence-corrected chi connectivity index (χ3v) is 4.53. The molecule has 1 aromatic carbocycles. The highest BCUT2D eigenvalue weighted by Crippen LogP contribution is 2.45. The van der Waals surface area contributed by atoms with Gasteiger partial charge in [-0.2, -0.15) is 0 Å². The maximum absolute atomic E-state index is 9.68. The van der Waals surface area contributed by atoms with E-state index in [1.165, 1.54) is 5.56 Å². The quantitative estimate of drug-likeness (QED) is 0.926. The lowest BCUT2D eigenvalue weighted by Crippen LogP contribution is -2.55. The van der Waals surface area contributed by atoms with Gasteiger partial charge in [-0.1, -0.05) is 48.0 Å². The molecule has 0 aliphatic carbocycles. The smallest absolute Gasteiger partial charge is 0.0589 e. The monoisotopic (exact) mass is 298 g/mol. The van der Waals surface area contributed by atoms with Crippen LogP contribution in [0.2, 0.25) is 0 Å².